The van der Waals surface area contributed by atoms with E-state index >= 15 is 0 Å². The highest BCUT2D eigenvalue weighted by molar-refractivity contribution is 6.46. The van der Waals surface area contributed by atoms with Crippen LogP contribution in [0, 0.1) is 12.7 Å². The number of aryl methyl sites for hydroxylation is 1. The van der Waals surface area contributed by atoms with Gasteiger partial charge in [0, 0.05) is 5.56 Å². The van der Waals surface area contributed by atoms with Crippen LogP contribution in [0.5, 0.6) is 5.75 Å². The van der Waals surface area contributed by atoms with Crippen LogP contribution in [-0.2, 0) is 16.1 Å². The summed E-state index contributed by atoms with van der Waals surface area (Å²) in [6.45, 7) is 4.22. The first-order valence-electron chi connectivity index (χ1n) is 10.2. The number of carbonyl (C=O) groups excluding carboxylic acids is 2. The summed E-state index contributed by atoms with van der Waals surface area (Å²) in [5.41, 5.74) is 1.60. The van der Waals surface area contributed by atoms with Gasteiger partial charge in [-0.3, -0.25) is 9.59 Å². The summed E-state index contributed by atoms with van der Waals surface area (Å²) in [6, 6.07) is 13.0. The molecule has 1 aromatic heterocycles. The van der Waals surface area contributed by atoms with Crippen molar-refractivity contribution in [2.75, 3.05) is 6.61 Å². The molecule has 0 bridgehead atoms. The third-order valence-corrected chi connectivity index (χ3v) is 5.38. The number of aliphatic hydroxyl groups excluding tert-OH is 1. The smallest absolute Gasteiger partial charge is 0.296 e. The van der Waals surface area contributed by atoms with E-state index in [-0.39, 0.29) is 17.9 Å². The van der Waals surface area contributed by atoms with Crippen molar-refractivity contribution in [2.24, 2.45) is 0 Å². The Kier molecular flexibility index (Phi) is 5.81. The lowest BCUT2D eigenvalue weighted by Crippen LogP contribution is -2.29. The largest absolute Gasteiger partial charge is 0.507 e. The van der Waals surface area contributed by atoms with Gasteiger partial charge in [-0.05, 0) is 67.4 Å². The molecule has 32 heavy (non-hydrogen) atoms. The molecule has 0 saturated carbocycles. The van der Waals surface area contributed by atoms with Gasteiger partial charge in [0.15, 0.2) is 0 Å². The van der Waals surface area contributed by atoms with E-state index in [1.54, 1.807) is 30.3 Å². The maximum absolute atomic E-state index is 13.6. The fraction of sp³-hybridized carbons (Fsp3) is 0.200. The van der Waals surface area contributed by atoms with Gasteiger partial charge >= 0.3 is 0 Å². The number of amides is 1. The van der Waals surface area contributed by atoms with Gasteiger partial charge < -0.3 is 19.2 Å². The van der Waals surface area contributed by atoms with Crippen molar-refractivity contribution < 1.29 is 28.2 Å². The van der Waals surface area contributed by atoms with Crippen molar-refractivity contribution in [3.05, 3.63) is 94.7 Å². The molecule has 1 atom stereocenters. The second kappa shape index (κ2) is 8.70. The molecule has 7 heteroatoms. The van der Waals surface area contributed by atoms with Crippen molar-refractivity contribution in [2.45, 2.75) is 26.4 Å². The zero-order valence-electron chi connectivity index (χ0n) is 17.7. The number of ketones is 1. The number of Topliss-reactive ketones (excluding diaryl/α,β-unsaturated/α-hetero) is 1. The number of likely N-dealkylation sites (tertiary alicyclic amines) is 1. The molecule has 1 N–H and O–H groups in total. The highest BCUT2D eigenvalue weighted by atomic mass is 19.1. The second-order valence-electron chi connectivity index (χ2n) is 7.47. The minimum atomic E-state index is -0.896. The topological polar surface area (TPSA) is 80.0 Å². The summed E-state index contributed by atoms with van der Waals surface area (Å²) in [5.74, 6) is -1.17. The van der Waals surface area contributed by atoms with Crippen molar-refractivity contribution >= 4 is 17.4 Å². The van der Waals surface area contributed by atoms with Crippen LogP contribution in [0.3, 0.4) is 0 Å². The van der Waals surface area contributed by atoms with Crippen LogP contribution < -0.4 is 4.74 Å². The van der Waals surface area contributed by atoms with Gasteiger partial charge in [0.05, 0.1) is 31.0 Å². The lowest BCUT2D eigenvalue weighted by Gasteiger charge is -2.24. The first kappa shape index (κ1) is 21.4. The summed E-state index contributed by atoms with van der Waals surface area (Å²) >= 11 is 0. The minimum absolute atomic E-state index is 0.0265. The number of hydrogen-bond donors (Lipinski definition) is 1. The van der Waals surface area contributed by atoms with Crippen molar-refractivity contribution in [1.82, 2.24) is 4.90 Å². The Morgan fingerprint density at radius 3 is 2.53 bits per heavy atom. The van der Waals surface area contributed by atoms with Gasteiger partial charge in [0.2, 0.25) is 0 Å². The summed E-state index contributed by atoms with van der Waals surface area (Å²) in [6.07, 6.45) is 1.47. The predicted octanol–water partition coefficient (Wildman–Crippen LogP) is 4.75. The van der Waals surface area contributed by atoms with E-state index in [1.165, 1.54) is 35.4 Å². The zero-order valence-corrected chi connectivity index (χ0v) is 17.7. The normalized spacial score (nSPS) is 17.7. The molecule has 1 fully saturated rings. The van der Waals surface area contributed by atoms with Crippen LogP contribution in [-0.4, -0.2) is 28.3 Å². The lowest BCUT2D eigenvalue weighted by atomic mass is 9.94. The molecule has 1 amide bonds. The van der Waals surface area contributed by atoms with Crippen LogP contribution in [0.4, 0.5) is 4.39 Å². The van der Waals surface area contributed by atoms with Crippen LogP contribution in [0.15, 0.2) is 70.9 Å². The lowest BCUT2D eigenvalue weighted by molar-refractivity contribution is -0.140. The van der Waals surface area contributed by atoms with Gasteiger partial charge in [-0.1, -0.05) is 12.1 Å². The Labute approximate surface area is 184 Å². The number of hydrogen-bond acceptors (Lipinski definition) is 5. The number of furan rings is 1. The molecule has 1 unspecified atom stereocenters. The van der Waals surface area contributed by atoms with E-state index in [2.05, 4.69) is 0 Å². The standard InChI is InChI=1S/C25H22FNO5/c1-3-31-20-11-8-17(13-15(20)2)23(28)21-22(16-6-9-18(26)10-7-16)27(25(30)24(21)29)14-19-5-4-12-32-19/h4-13,22,28H,3,14H2,1-2H3/b23-21-. The summed E-state index contributed by atoms with van der Waals surface area (Å²) < 4.78 is 24.5. The van der Waals surface area contributed by atoms with Crippen molar-refractivity contribution in [3.63, 3.8) is 0 Å². The molecule has 4 rings (SSSR count). The van der Waals surface area contributed by atoms with E-state index in [4.69, 9.17) is 9.15 Å². The highest BCUT2D eigenvalue weighted by Crippen LogP contribution is 2.40. The van der Waals surface area contributed by atoms with Gasteiger partial charge in [-0.2, -0.15) is 0 Å². The summed E-state index contributed by atoms with van der Waals surface area (Å²) in [4.78, 5) is 27.3. The molecule has 2 heterocycles. The maximum atomic E-state index is 13.6. The number of carbonyl (C=O) groups is 2. The number of aliphatic hydroxyl groups is 1. The Balaban J connectivity index is 1.84. The van der Waals surface area contributed by atoms with E-state index in [1.807, 2.05) is 13.8 Å². The van der Waals surface area contributed by atoms with E-state index < -0.39 is 23.5 Å². The Hall–Kier alpha value is -3.87. The second-order valence-corrected chi connectivity index (χ2v) is 7.47. The Morgan fingerprint density at radius 2 is 1.91 bits per heavy atom. The quantitative estimate of drug-likeness (QED) is 0.343. The Bertz CT molecular complexity index is 1180. The summed E-state index contributed by atoms with van der Waals surface area (Å²) in [5, 5.41) is 11.1. The van der Waals surface area contributed by atoms with Crippen LogP contribution in [0.1, 0.15) is 35.4 Å². The number of halogens is 1. The zero-order chi connectivity index (χ0) is 22.8. The molecule has 0 aliphatic carbocycles. The van der Waals surface area contributed by atoms with E-state index in [0.717, 1.165) is 5.56 Å². The highest BCUT2D eigenvalue weighted by Gasteiger charge is 2.46. The molecular formula is C25H22FNO5. The predicted molar refractivity (Wildman–Crippen MR) is 115 cm³/mol. The fourth-order valence-electron chi connectivity index (χ4n) is 3.87. The molecule has 3 aromatic rings. The van der Waals surface area contributed by atoms with Gasteiger partial charge in [0.1, 0.15) is 23.1 Å². The number of benzene rings is 2. The van der Waals surface area contributed by atoms with Gasteiger partial charge in [-0.25, -0.2) is 4.39 Å². The minimum Gasteiger partial charge on any atom is -0.507 e. The third kappa shape index (κ3) is 3.89. The van der Waals surface area contributed by atoms with E-state index in [9.17, 15) is 19.1 Å². The van der Waals surface area contributed by atoms with Gasteiger partial charge in [-0.15, -0.1) is 0 Å². The molecular weight excluding hydrogens is 413 g/mol. The fourth-order valence-corrected chi connectivity index (χ4v) is 3.87. The molecule has 2 aromatic carbocycles. The molecule has 0 spiro atoms. The first-order chi connectivity index (χ1) is 15.4. The first-order valence-corrected chi connectivity index (χ1v) is 10.2. The van der Waals surface area contributed by atoms with Crippen molar-refractivity contribution in [1.29, 1.82) is 0 Å². The maximum Gasteiger partial charge on any atom is 0.296 e. The van der Waals surface area contributed by atoms with Gasteiger partial charge in [0.25, 0.3) is 11.7 Å². The van der Waals surface area contributed by atoms with Crippen molar-refractivity contribution in [3.8, 4) is 5.75 Å². The Morgan fingerprint density at radius 1 is 1.16 bits per heavy atom. The van der Waals surface area contributed by atoms with Crippen LogP contribution in [0.2, 0.25) is 0 Å². The van der Waals surface area contributed by atoms with Crippen LogP contribution >= 0.6 is 0 Å². The number of rotatable bonds is 6. The molecule has 1 aliphatic rings. The monoisotopic (exact) mass is 435 g/mol. The molecule has 1 saturated heterocycles. The van der Waals surface area contributed by atoms with E-state index in [0.29, 0.717) is 29.2 Å². The molecule has 1 aliphatic heterocycles. The molecule has 164 valence electrons. The van der Waals surface area contributed by atoms with Crippen LogP contribution in [0.25, 0.3) is 5.76 Å². The SMILES string of the molecule is CCOc1ccc(/C(O)=C2/C(=O)C(=O)N(Cc3ccco3)C2c2ccc(F)cc2)cc1C. The molecule has 6 nitrogen and oxygen atoms in total. The average Bonchev–Trinajstić information content (AvgIpc) is 3.38. The summed E-state index contributed by atoms with van der Waals surface area (Å²) in [7, 11) is 0. The average molecular weight is 435 g/mol. The number of ether oxygens (including phenoxy) is 1. The molecule has 0 radical (unpaired) electrons. The third-order valence-electron chi connectivity index (χ3n) is 5.38. The number of nitrogens with zero attached hydrogens (tertiary/aromatic N) is 1.